The fraction of sp³-hybridized carbons (Fsp3) is 0.500. The van der Waals surface area contributed by atoms with Gasteiger partial charge in [-0.05, 0) is 24.8 Å². The maximum absolute atomic E-state index is 11.0. The van der Waals surface area contributed by atoms with Crippen LogP contribution in [-0.4, -0.2) is 14.7 Å². The zero-order chi connectivity index (χ0) is 14.8. The topological polar surface area (TPSA) is 110 Å². The van der Waals surface area contributed by atoms with Crippen LogP contribution in [0.15, 0.2) is 18.2 Å². The first-order chi connectivity index (χ1) is 9.37. The van der Waals surface area contributed by atoms with Crippen LogP contribution in [0, 0.1) is 10.1 Å². The molecule has 0 amide bonds. The highest BCUT2D eigenvalue weighted by molar-refractivity contribution is 7.46. The lowest BCUT2D eigenvalue weighted by Gasteiger charge is -2.24. The molecule has 1 aliphatic rings. The standard InChI is InChI=1S/C12H16NO6P/c14-13(15)10-6-7-12(19-20(16,17)18)11(8-10)9-4-2-1-3-5-9/h6-9H,1-5H2,(H2,16,17,18). The molecule has 0 bridgehead atoms. The lowest BCUT2D eigenvalue weighted by atomic mass is 9.83. The van der Waals surface area contributed by atoms with Gasteiger partial charge in [0, 0.05) is 17.7 Å². The Labute approximate surface area is 116 Å². The highest BCUT2D eigenvalue weighted by atomic mass is 31.2. The SMILES string of the molecule is O=[N+]([O-])c1ccc(OP(=O)(O)O)c(C2CCCCC2)c1. The first-order valence-electron chi connectivity index (χ1n) is 6.40. The number of nitrogens with zero attached hydrogens (tertiary/aromatic N) is 1. The molecule has 1 saturated carbocycles. The number of rotatable bonds is 4. The third-order valence-corrected chi connectivity index (χ3v) is 3.90. The molecule has 20 heavy (non-hydrogen) atoms. The molecule has 0 aliphatic heterocycles. The Balaban J connectivity index is 2.39. The monoisotopic (exact) mass is 301 g/mol. The molecular formula is C12H16NO6P. The van der Waals surface area contributed by atoms with E-state index in [0.717, 1.165) is 32.1 Å². The molecule has 0 radical (unpaired) electrons. The largest absolute Gasteiger partial charge is 0.524 e. The Kier molecular flexibility index (Phi) is 4.42. The lowest BCUT2D eigenvalue weighted by Crippen LogP contribution is -2.07. The van der Waals surface area contributed by atoms with E-state index in [-0.39, 0.29) is 17.4 Å². The number of phosphoric acid groups is 1. The van der Waals surface area contributed by atoms with Crippen molar-refractivity contribution >= 4 is 13.5 Å². The van der Waals surface area contributed by atoms with Crippen LogP contribution >= 0.6 is 7.82 Å². The van der Waals surface area contributed by atoms with Crippen molar-refractivity contribution in [3.05, 3.63) is 33.9 Å². The summed E-state index contributed by atoms with van der Waals surface area (Å²) in [4.78, 5) is 28.2. The molecule has 0 unspecified atom stereocenters. The summed E-state index contributed by atoms with van der Waals surface area (Å²) in [6.07, 6.45) is 4.81. The summed E-state index contributed by atoms with van der Waals surface area (Å²) in [5.74, 6) is 0.0843. The van der Waals surface area contributed by atoms with E-state index in [2.05, 4.69) is 4.52 Å². The number of non-ortho nitro benzene ring substituents is 1. The van der Waals surface area contributed by atoms with Gasteiger partial charge in [0.1, 0.15) is 5.75 Å². The van der Waals surface area contributed by atoms with Crippen LogP contribution in [0.25, 0.3) is 0 Å². The molecule has 0 spiro atoms. The van der Waals surface area contributed by atoms with E-state index in [1.54, 1.807) is 0 Å². The van der Waals surface area contributed by atoms with Crippen molar-refractivity contribution in [1.82, 2.24) is 0 Å². The molecule has 8 heteroatoms. The van der Waals surface area contributed by atoms with Crippen molar-refractivity contribution in [3.8, 4) is 5.75 Å². The summed E-state index contributed by atoms with van der Waals surface area (Å²) in [6.45, 7) is 0. The molecule has 0 heterocycles. The van der Waals surface area contributed by atoms with Crippen molar-refractivity contribution in [3.63, 3.8) is 0 Å². The second-order valence-corrected chi connectivity index (χ2v) is 6.06. The predicted molar refractivity (Wildman–Crippen MR) is 71.6 cm³/mol. The Hall–Kier alpha value is -1.43. The van der Waals surface area contributed by atoms with Gasteiger partial charge in [-0.2, -0.15) is 0 Å². The molecule has 7 nitrogen and oxygen atoms in total. The highest BCUT2D eigenvalue weighted by Gasteiger charge is 2.25. The molecule has 1 fully saturated rings. The normalized spacial score (nSPS) is 16.9. The minimum absolute atomic E-state index is 0.0378. The number of benzene rings is 1. The summed E-state index contributed by atoms with van der Waals surface area (Å²) in [5.41, 5.74) is 0.422. The van der Waals surface area contributed by atoms with Crippen LogP contribution in [0.2, 0.25) is 0 Å². The van der Waals surface area contributed by atoms with Crippen molar-refractivity contribution in [2.75, 3.05) is 0 Å². The van der Waals surface area contributed by atoms with Gasteiger partial charge in [0.2, 0.25) is 0 Å². The molecule has 110 valence electrons. The molecule has 1 aromatic carbocycles. The van der Waals surface area contributed by atoms with Crippen LogP contribution in [0.4, 0.5) is 5.69 Å². The van der Waals surface area contributed by atoms with Gasteiger partial charge in [0.25, 0.3) is 5.69 Å². The number of hydrogen-bond acceptors (Lipinski definition) is 4. The van der Waals surface area contributed by atoms with Gasteiger partial charge in [-0.3, -0.25) is 19.9 Å². The Morgan fingerprint density at radius 1 is 1.25 bits per heavy atom. The van der Waals surface area contributed by atoms with Gasteiger partial charge in [-0.1, -0.05) is 19.3 Å². The van der Waals surface area contributed by atoms with Crippen molar-refractivity contribution in [1.29, 1.82) is 0 Å². The molecule has 2 rings (SSSR count). The molecule has 0 aromatic heterocycles. The number of hydrogen-bond donors (Lipinski definition) is 2. The minimum Gasteiger partial charge on any atom is -0.404 e. The van der Waals surface area contributed by atoms with Gasteiger partial charge in [-0.25, -0.2) is 4.57 Å². The zero-order valence-corrected chi connectivity index (χ0v) is 11.7. The van der Waals surface area contributed by atoms with Gasteiger partial charge < -0.3 is 4.52 Å². The fourth-order valence-electron chi connectivity index (χ4n) is 2.59. The van der Waals surface area contributed by atoms with E-state index < -0.39 is 12.7 Å². The predicted octanol–water partition coefficient (Wildman–Crippen LogP) is 3.11. The number of nitro groups is 1. The molecule has 0 saturated heterocycles. The third kappa shape index (κ3) is 3.79. The van der Waals surface area contributed by atoms with E-state index in [0.29, 0.717) is 5.56 Å². The molecule has 1 aliphatic carbocycles. The second-order valence-electron chi connectivity index (χ2n) is 4.90. The minimum atomic E-state index is -4.67. The summed E-state index contributed by atoms with van der Waals surface area (Å²) in [5, 5.41) is 10.8. The Morgan fingerprint density at radius 2 is 1.90 bits per heavy atom. The smallest absolute Gasteiger partial charge is 0.404 e. The summed E-state index contributed by atoms with van der Waals surface area (Å²) in [7, 11) is -4.67. The van der Waals surface area contributed by atoms with Gasteiger partial charge in [0.15, 0.2) is 0 Å². The molecule has 0 atom stereocenters. The van der Waals surface area contributed by atoms with E-state index >= 15 is 0 Å². The summed E-state index contributed by atoms with van der Waals surface area (Å²) < 4.78 is 15.7. The quantitative estimate of drug-likeness (QED) is 0.502. The number of nitro benzene ring substituents is 1. The average Bonchev–Trinajstić information content (AvgIpc) is 2.38. The maximum Gasteiger partial charge on any atom is 0.524 e. The lowest BCUT2D eigenvalue weighted by molar-refractivity contribution is -0.385. The van der Waals surface area contributed by atoms with E-state index in [1.807, 2.05) is 0 Å². The van der Waals surface area contributed by atoms with Crippen LogP contribution in [0.5, 0.6) is 5.75 Å². The zero-order valence-electron chi connectivity index (χ0n) is 10.8. The van der Waals surface area contributed by atoms with Crippen molar-refractivity contribution in [2.45, 2.75) is 38.0 Å². The van der Waals surface area contributed by atoms with Crippen molar-refractivity contribution < 1.29 is 23.8 Å². The average molecular weight is 301 g/mol. The summed E-state index contributed by atoms with van der Waals surface area (Å²) in [6, 6.07) is 3.82. The Bertz CT molecular complexity index is 549. The fourth-order valence-corrected chi connectivity index (χ4v) is 3.02. The second kappa shape index (κ2) is 5.91. The maximum atomic E-state index is 11.0. The van der Waals surface area contributed by atoms with Crippen LogP contribution < -0.4 is 4.52 Å². The van der Waals surface area contributed by atoms with Crippen LogP contribution in [0.3, 0.4) is 0 Å². The number of phosphoric ester groups is 1. The molecule has 2 N–H and O–H groups in total. The highest BCUT2D eigenvalue weighted by Crippen LogP contribution is 2.45. The van der Waals surface area contributed by atoms with E-state index in [9.17, 15) is 14.7 Å². The third-order valence-electron chi connectivity index (χ3n) is 3.47. The van der Waals surface area contributed by atoms with Gasteiger partial charge >= 0.3 is 7.82 Å². The molecule has 1 aromatic rings. The van der Waals surface area contributed by atoms with Gasteiger partial charge in [-0.15, -0.1) is 0 Å². The van der Waals surface area contributed by atoms with E-state index in [4.69, 9.17) is 9.79 Å². The van der Waals surface area contributed by atoms with E-state index in [1.165, 1.54) is 18.2 Å². The first-order valence-corrected chi connectivity index (χ1v) is 7.93. The summed E-state index contributed by atoms with van der Waals surface area (Å²) >= 11 is 0. The van der Waals surface area contributed by atoms with Crippen molar-refractivity contribution in [2.24, 2.45) is 0 Å². The van der Waals surface area contributed by atoms with Crippen LogP contribution in [0.1, 0.15) is 43.6 Å². The first kappa shape index (κ1) is 15.0. The van der Waals surface area contributed by atoms with Gasteiger partial charge in [0.05, 0.1) is 4.92 Å². The van der Waals surface area contributed by atoms with Crippen LogP contribution in [-0.2, 0) is 4.57 Å². The molecular weight excluding hydrogens is 285 g/mol. The Morgan fingerprint density at radius 3 is 2.45 bits per heavy atom.